The number of halogens is 1. The first-order valence-electron chi connectivity index (χ1n) is 5.59. The van der Waals surface area contributed by atoms with E-state index in [9.17, 15) is 9.18 Å². The molecule has 2 N–H and O–H groups in total. The van der Waals surface area contributed by atoms with Gasteiger partial charge in [-0.2, -0.15) is 5.10 Å². The molecule has 2 aromatic rings. The largest absolute Gasteiger partial charge is 0.481 e. The Morgan fingerprint density at radius 2 is 2.06 bits per heavy atom. The lowest BCUT2D eigenvalue weighted by atomic mass is 10.0. The summed E-state index contributed by atoms with van der Waals surface area (Å²) >= 11 is 0. The highest BCUT2D eigenvalue weighted by Gasteiger charge is 2.13. The van der Waals surface area contributed by atoms with E-state index in [1.807, 2.05) is 6.92 Å². The van der Waals surface area contributed by atoms with Crippen LogP contribution < -0.4 is 0 Å². The summed E-state index contributed by atoms with van der Waals surface area (Å²) in [5, 5.41) is 15.7. The SMILES string of the molecule is Cc1[nH]nc(-c2ccc(F)cc2)c1CCC(=O)O. The van der Waals surface area contributed by atoms with Gasteiger partial charge >= 0.3 is 5.97 Å². The van der Waals surface area contributed by atoms with Crippen LogP contribution in [0.2, 0.25) is 0 Å². The van der Waals surface area contributed by atoms with Crippen molar-refractivity contribution in [3.8, 4) is 11.3 Å². The van der Waals surface area contributed by atoms with E-state index < -0.39 is 5.97 Å². The number of aryl methyl sites for hydroxylation is 1. The number of nitrogens with zero attached hydrogens (tertiary/aromatic N) is 1. The summed E-state index contributed by atoms with van der Waals surface area (Å²) < 4.78 is 12.9. The molecule has 5 heteroatoms. The lowest BCUT2D eigenvalue weighted by Gasteiger charge is -2.02. The summed E-state index contributed by atoms with van der Waals surface area (Å²) in [5.74, 6) is -1.15. The molecule has 94 valence electrons. The molecular weight excluding hydrogens is 235 g/mol. The number of aliphatic carboxylic acids is 1. The average Bonchev–Trinajstić information content (AvgIpc) is 2.69. The van der Waals surface area contributed by atoms with Gasteiger partial charge in [-0.15, -0.1) is 0 Å². The van der Waals surface area contributed by atoms with E-state index in [-0.39, 0.29) is 12.2 Å². The standard InChI is InChI=1S/C13H13FN2O2/c1-8-11(6-7-12(17)18)13(16-15-8)9-2-4-10(14)5-3-9/h2-5H,6-7H2,1H3,(H,15,16)(H,17,18). The Hall–Kier alpha value is -2.17. The van der Waals surface area contributed by atoms with Crippen LogP contribution in [0.1, 0.15) is 17.7 Å². The van der Waals surface area contributed by atoms with Gasteiger partial charge in [0.2, 0.25) is 0 Å². The molecule has 0 radical (unpaired) electrons. The van der Waals surface area contributed by atoms with Gasteiger partial charge in [0.25, 0.3) is 0 Å². The van der Waals surface area contributed by atoms with Gasteiger partial charge < -0.3 is 5.11 Å². The minimum Gasteiger partial charge on any atom is -0.481 e. The van der Waals surface area contributed by atoms with Crippen molar-refractivity contribution in [2.45, 2.75) is 19.8 Å². The number of carboxylic acid groups (broad SMARTS) is 1. The maximum absolute atomic E-state index is 12.9. The molecule has 0 fully saturated rings. The summed E-state index contributed by atoms with van der Waals surface area (Å²) in [6.07, 6.45) is 0.457. The van der Waals surface area contributed by atoms with Gasteiger partial charge in [-0.1, -0.05) is 0 Å². The van der Waals surface area contributed by atoms with Crippen molar-refractivity contribution in [3.05, 3.63) is 41.3 Å². The van der Waals surface area contributed by atoms with Crippen molar-refractivity contribution >= 4 is 5.97 Å². The highest BCUT2D eigenvalue weighted by atomic mass is 19.1. The topological polar surface area (TPSA) is 66.0 Å². The fraction of sp³-hybridized carbons (Fsp3) is 0.231. The second-order valence-corrected chi connectivity index (χ2v) is 4.08. The zero-order valence-electron chi connectivity index (χ0n) is 9.90. The van der Waals surface area contributed by atoms with Gasteiger partial charge in [-0.3, -0.25) is 9.89 Å². The Morgan fingerprint density at radius 3 is 2.67 bits per heavy atom. The Bertz CT molecular complexity index is 561. The van der Waals surface area contributed by atoms with Crippen molar-refractivity contribution in [3.63, 3.8) is 0 Å². The number of hydrogen-bond donors (Lipinski definition) is 2. The highest BCUT2D eigenvalue weighted by Crippen LogP contribution is 2.24. The number of benzene rings is 1. The number of nitrogens with one attached hydrogen (secondary N) is 1. The molecule has 1 heterocycles. The predicted octanol–water partition coefficient (Wildman–Crippen LogP) is 2.54. The van der Waals surface area contributed by atoms with Gasteiger partial charge in [0.1, 0.15) is 5.82 Å². The van der Waals surface area contributed by atoms with E-state index in [4.69, 9.17) is 5.11 Å². The number of carboxylic acids is 1. The molecule has 0 spiro atoms. The number of aromatic amines is 1. The molecule has 4 nitrogen and oxygen atoms in total. The molecule has 1 aromatic heterocycles. The summed E-state index contributed by atoms with van der Waals surface area (Å²) in [5.41, 5.74) is 3.18. The molecule has 0 saturated heterocycles. The van der Waals surface area contributed by atoms with Crippen molar-refractivity contribution in [2.75, 3.05) is 0 Å². The lowest BCUT2D eigenvalue weighted by molar-refractivity contribution is -0.136. The molecule has 2 rings (SSSR count). The number of hydrogen-bond acceptors (Lipinski definition) is 2. The molecule has 0 aliphatic heterocycles. The van der Waals surface area contributed by atoms with Crippen LogP contribution in [-0.2, 0) is 11.2 Å². The van der Waals surface area contributed by atoms with Gasteiger partial charge in [0.05, 0.1) is 5.69 Å². The third-order valence-corrected chi connectivity index (χ3v) is 2.78. The van der Waals surface area contributed by atoms with E-state index >= 15 is 0 Å². The van der Waals surface area contributed by atoms with Crippen LogP contribution in [0.25, 0.3) is 11.3 Å². The monoisotopic (exact) mass is 248 g/mol. The fourth-order valence-corrected chi connectivity index (χ4v) is 1.84. The summed E-state index contributed by atoms with van der Waals surface area (Å²) in [4.78, 5) is 10.6. The van der Waals surface area contributed by atoms with E-state index in [1.165, 1.54) is 12.1 Å². The molecule has 0 bridgehead atoms. The van der Waals surface area contributed by atoms with Crippen LogP contribution in [0, 0.1) is 12.7 Å². The molecule has 0 unspecified atom stereocenters. The van der Waals surface area contributed by atoms with E-state index in [0.717, 1.165) is 16.8 Å². The van der Waals surface area contributed by atoms with E-state index in [0.29, 0.717) is 12.1 Å². The zero-order chi connectivity index (χ0) is 13.1. The van der Waals surface area contributed by atoms with Crippen molar-refractivity contribution in [1.29, 1.82) is 0 Å². The predicted molar refractivity (Wildman–Crippen MR) is 64.7 cm³/mol. The van der Waals surface area contributed by atoms with Crippen LogP contribution in [0.5, 0.6) is 0 Å². The highest BCUT2D eigenvalue weighted by molar-refractivity contribution is 5.69. The zero-order valence-corrected chi connectivity index (χ0v) is 9.90. The molecule has 0 aliphatic carbocycles. The van der Waals surface area contributed by atoms with Crippen molar-refractivity contribution in [2.24, 2.45) is 0 Å². The minimum atomic E-state index is -0.847. The molecule has 0 aliphatic rings. The second-order valence-electron chi connectivity index (χ2n) is 4.08. The number of rotatable bonds is 4. The first kappa shape index (κ1) is 12.3. The summed E-state index contributed by atoms with van der Waals surface area (Å²) in [6.45, 7) is 1.84. The first-order chi connectivity index (χ1) is 8.58. The van der Waals surface area contributed by atoms with Crippen LogP contribution in [0.4, 0.5) is 4.39 Å². The third kappa shape index (κ3) is 2.56. The maximum atomic E-state index is 12.9. The number of carbonyl (C=O) groups is 1. The smallest absolute Gasteiger partial charge is 0.303 e. The van der Waals surface area contributed by atoms with Crippen LogP contribution in [0.3, 0.4) is 0 Å². The van der Waals surface area contributed by atoms with Crippen molar-refractivity contribution in [1.82, 2.24) is 10.2 Å². The molecule has 1 aromatic carbocycles. The Balaban J connectivity index is 2.33. The van der Waals surface area contributed by atoms with E-state index in [2.05, 4.69) is 10.2 Å². The Morgan fingerprint density at radius 1 is 1.39 bits per heavy atom. The fourth-order valence-electron chi connectivity index (χ4n) is 1.84. The van der Waals surface area contributed by atoms with Crippen LogP contribution in [-0.4, -0.2) is 21.3 Å². The second kappa shape index (κ2) is 5.00. The van der Waals surface area contributed by atoms with Crippen LogP contribution in [0.15, 0.2) is 24.3 Å². The third-order valence-electron chi connectivity index (χ3n) is 2.78. The Kier molecular flexibility index (Phi) is 3.41. The van der Waals surface area contributed by atoms with Crippen LogP contribution >= 0.6 is 0 Å². The minimum absolute atomic E-state index is 0.0502. The number of aromatic nitrogens is 2. The number of H-pyrrole nitrogens is 1. The molecule has 0 amide bonds. The quantitative estimate of drug-likeness (QED) is 0.873. The van der Waals surface area contributed by atoms with Gasteiger partial charge in [0, 0.05) is 23.2 Å². The average molecular weight is 248 g/mol. The summed E-state index contributed by atoms with van der Waals surface area (Å²) in [6, 6.07) is 5.99. The van der Waals surface area contributed by atoms with Gasteiger partial charge in [-0.05, 0) is 37.6 Å². The van der Waals surface area contributed by atoms with Gasteiger partial charge in [-0.25, -0.2) is 4.39 Å². The molecule has 18 heavy (non-hydrogen) atoms. The maximum Gasteiger partial charge on any atom is 0.303 e. The normalized spacial score (nSPS) is 10.6. The van der Waals surface area contributed by atoms with Gasteiger partial charge in [0.15, 0.2) is 0 Å². The first-order valence-corrected chi connectivity index (χ1v) is 5.59. The molecule has 0 atom stereocenters. The summed E-state index contributed by atoms with van der Waals surface area (Å²) in [7, 11) is 0. The molecule has 0 saturated carbocycles. The Labute approximate surface area is 103 Å². The molecular formula is C13H13FN2O2. The van der Waals surface area contributed by atoms with E-state index in [1.54, 1.807) is 12.1 Å². The van der Waals surface area contributed by atoms with Crippen molar-refractivity contribution < 1.29 is 14.3 Å². The lowest BCUT2D eigenvalue weighted by Crippen LogP contribution is -1.99.